The first-order chi connectivity index (χ1) is 12.1. The third-order valence-corrected chi connectivity index (χ3v) is 4.30. The van der Waals surface area contributed by atoms with E-state index in [1.54, 1.807) is 0 Å². The summed E-state index contributed by atoms with van der Waals surface area (Å²) in [5.74, 6) is 0. The fourth-order valence-electron chi connectivity index (χ4n) is 2.93. The van der Waals surface area contributed by atoms with Crippen molar-refractivity contribution in [2.45, 2.75) is 20.4 Å². The highest BCUT2D eigenvalue weighted by Gasteiger charge is 2.14. The van der Waals surface area contributed by atoms with Crippen LogP contribution in [0.5, 0.6) is 0 Å². The number of aliphatic hydroxyl groups excluding tert-OH is 1. The van der Waals surface area contributed by atoms with Gasteiger partial charge in [-0.2, -0.15) is 5.10 Å². The standard InChI is InChI=1S/C21H25N3O/c1-16-7-9-20(10-8-16)24-15-19(14-23(3)11-12-25)21(22-24)18-6-4-5-17(2)13-18/h4-10,13,15,25H,11-12,14H2,1-3H3. The third-order valence-electron chi connectivity index (χ3n) is 4.30. The topological polar surface area (TPSA) is 41.3 Å². The van der Waals surface area contributed by atoms with Gasteiger partial charge in [0.2, 0.25) is 0 Å². The molecular formula is C21H25N3O. The maximum atomic E-state index is 9.18. The quantitative estimate of drug-likeness (QED) is 0.748. The van der Waals surface area contributed by atoms with Crippen molar-refractivity contribution in [2.24, 2.45) is 0 Å². The van der Waals surface area contributed by atoms with Crippen LogP contribution in [0.1, 0.15) is 16.7 Å². The molecule has 0 saturated heterocycles. The first kappa shape index (κ1) is 17.4. The number of hydrogen-bond acceptors (Lipinski definition) is 3. The Hall–Kier alpha value is -2.43. The van der Waals surface area contributed by atoms with Crippen molar-refractivity contribution in [1.82, 2.24) is 14.7 Å². The van der Waals surface area contributed by atoms with Crippen molar-refractivity contribution in [1.29, 1.82) is 0 Å². The molecule has 4 heteroatoms. The highest BCUT2D eigenvalue weighted by atomic mass is 16.3. The van der Waals surface area contributed by atoms with E-state index in [2.05, 4.69) is 73.5 Å². The van der Waals surface area contributed by atoms with Gasteiger partial charge in [-0.05, 0) is 39.1 Å². The molecule has 0 spiro atoms. The van der Waals surface area contributed by atoms with E-state index in [9.17, 15) is 5.11 Å². The van der Waals surface area contributed by atoms with Gasteiger partial charge >= 0.3 is 0 Å². The zero-order valence-electron chi connectivity index (χ0n) is 15.1. The molecule has 25 heavy (non-hydrogen) atoms. The van der Waals surface area contributed by atoms with Crippen LogP contribution in [0.3, 0.4) is 0 Å². The largest absolute Gasteiger partial charge is 0.395 e. The summed E-state index contributed by atoms with van der Waals surface area (Å²) in [5, 5.41) is 14.0. The summed E-state index contributed by atoms with van der Waals surface area (Å²) in [6.07, 6.45) is 2.09. The van der Waals surface area contributed by atoms with Crippen LogP contribution < -0.4 is 0 Å². The summed E-state index contributed by atoms with van der Waals surface area (Å²) in [6, 6.07) is 16.8. The van der Waals surface area contributed by atoms with Gasteiger partial charge in [0.05, 0.1) is 18.0 Å². The van der Waals surface area contributed by atoms with E-state index in [1.165, 1.54) is 11.1 Å². The smallest absolute Gasteiger partial charge is 0.0972 e. The number of benzene rings is 2. The van der Waals surface area contributed by atoms with Gasteiger partial charge in [0.1, 0.15) is 0 Å². The molecule has 0 atom stereocenters. The van der Waals surface area contributed by atoms with Crippen molar-refractivity contribution in [3.05, 3.63) is 71.4 Å². The van der Waals surface area contributed by atoms with Crippen LogP contribution >= 0.6 is 0 Å². The summed E-state index contributed by atoms with van der Waals surface area (Å²) >= 11 is 0. The minimum absolute atomic E-state index is 0.155. The molecule has 3 aromatic rings. The number of nitrogens with zero attached hydrogens (tertiary/aromatic N) is 3. The van der Waals surface area contributed by atoms with Crippen molar-refractivity contribution < 1.29 is 5.11 Å². The van der Waals surface area contributed by atoms with E-state index in [1.807, 2.05) is 11.7 Å². The Morgan fingerprint density at radius 3 is 2.48 bits per heavy atom. The molecule has 0 amide bonds. The van der Waals surface area contributed by atoms with Gasteiger partial charge in [-0.15, -0.1) is 0 Å². The average Bonchev–Trinajstić information content (AvgIpc) is 2.99. The Morgan fingerprint density at radius 1 is 1.04 bits per heavy atom. The Balaban J connectivity index is 2.03. The van der Waals surface area contributed by atoms with E-state index >= 15 is 0 Å². The normalized spacial score (nSPS) is 11.2. The molecule has 0 aliphatic carbocycles. The van der Waals surface area contributed by atoms with E-state index in [0.29, 0.717) is 6.54 Å². The van der Waals surface area contributed by atoms with Crippen LogP contribution in [-0.2, 0) is 6.54 Å². The first-order valence-corrected chi connectivity index (χ1v) is 8.59. The molecule has 1 N–H and O–H groups in total. The fraction of sp³-hybridized carbons (Fsp3) is 0.286. The lowest BCUT2D eigenvalue weighted by Crippen LogP contribution is -2.21. The zero-order valence-corrected chi connectivity index (χ0v) is 15.1. The number of aryl methyl sites for hydroxylation is 2. The lowest BCUT2D eigenvalue weighted by atomic mass is 10.1. The number of aromatic nitrogens is 2. The summed E-state index contributed by atoms with van der Waals surface area (Å²) in [4.78, 5) is 2.11. The Labute approximate surface area is 149 Å². The average molecular weight is 335 g/mol. The highest BCUT2D eigenvalue weighted by molar-refractivity contribution is 5.64. The van der Waals surface area contributed by atoms with Crippen LogP contribution in [0.2, 0.25) is 0 Å². The Kier molecular flexibility index (Phi) is 5.31. The number of rotatable bonds is 6. The summed E-state index contributed by atoms with van der Waals surface area (Å²) < 4.78 is 1.94. The van der Waals surface area contributed by atoms with Crippen LogP contribution in [-0.4, -0.2) is 40.0 Å². The third kappa shape index (κ3) is 4.16. The molecule has 0 aliphatic rings. The monoisotopic (exact) mass is 335 g/mol. The summed E-state index contributed by atoms with van der Waals surface area (Å²) in [5.41, 5.74) is 6.78. The second kappa shape index (κ2) is 7.64. The van der Waals surface area contributed by atoms with E-state index in [4.69, 9.17) is 5.10 Å². The van der Waals surface area contributed by atoms with Crippen LogP contribution in [0.4, 0.5) is 0 Å². The lowest BCUT2D eigenvalue weighted by molar-refractivity contribution is 0.217. The first-order valence-electron chi connectivity index (χ1n) is 8.59. The predicted molar refractivity (Wildman–Crippen MR) is 102 cm³/mol. The van der Waals surface area contributed by atoms with Gasteiger partial charge in [0.15, 0.2) is 0 Å². The maximum Gasteiger partial charge on any atom is 0.0972 e. The fourth-order valence-corrected chi connectivity index (χ4v) is 2.93. The second-order valence-corrected chi connectivity index (χ2v) is 6.61. The maximum absolute atomic E-state index is 9.18. The zero-order chi connectivity index (χ0) is 17.8. The molecule has 0 saturated carbocycles. The van der Waals surface area contributed by atoms with E-state index in [-0.39, 0.29) is 6.61 Å². The molecule has 0 unspecified atom stereocenters. The van der Waals surface area contributed by atoms with Gasteiger partial charge in [0, 0.05) is 30.4 Å². The molecular weight excluding hydrogens is 310 g/mol. The van der Waals surface area contributed by atoms with Crippen LogP contribution in [0, 0.1) is 13.8 Å². The van der Waals surface area contributed by atoms with Crippen molar-refractivity contribution in [2.75, 3.05) is 20.2 Å². The van der Waals surface area contributed by atoms with Crippen molar-refractivity contribution >= 4 is 0 Å². The summed E-state index contributed by atoms with van der Waals surface area (Å²) in [7, 11) is 2.01. The molecule has 0 aliphatic heterocycles. The molecule has 3 rings (SSSR count). The van der Waals surface area contributed by atoms with Crippen LogP contribution in [0.15, 0.2) is 54.7 Å². The Morgan fingerprint density at radius 2 is 1.80 bits per heavy atom. The molecule has 1 heterocycles. The summed E-state index contributed by atoms with van der Waals surface area (Å²) in [6.45, 7) is 5.72. The van der Waals surface area contributed by atoms with E-state index in [0.717, 1.165) is 29.1 Å². The molecule has 1 aromatic heterocycles. The predicted octanol–water partition coefficient (Wildman–Crippen LogP) is 3.58. The van der Waals surface area contributed by atoms with Gasteiger partial charge in [-0.25, -0.2) is 4.68 Å². The van der Waals surface area contributed by atoms with Gasteiger partial charge in [-0.1, -0.05) is 41.5 Å². The molecule has 0 bridgehead atoms. The van der Waals surface area contributed by atoms with E-state index < -0.39 is 0 Å². The second-order valence-electron chi connectivity index (χ2n) is 6.61. The minimum Gasteiger partial charge on any atom is -0.395 e. The van der Waals surface area contributed by atoms with Crippen LogP contribution in [0.25, 0.3) is 16.9 Å². The molecule has 0 fully saturated rings. The SMILES string of the molecule is Cc1ccc(-n2cc(CN(C)CCO)c(-c3cccc(C)c3)n2)cc1. The molecule has 0 radical (unpaired) electrons. The van der Waals surface area contributed by atoms with Crippen molar-refractivity contribution in [3.8, 4) is 16.9 Å². The number of aliphatic hydroxyl groups is 1. The van der Waals surface area contributed by atoms with Gasteiger partial charge in [0.25, 0.3) is 0 Å². The van der Waals surface area contributed by atoms with Gasteiger partial charge < -0.3 is 5.11 Å². The highest BCUT2D eigenvalue weighted by Crippen LogP contribution is 2.25. The molecule has 2 aromatic carbocycles. The molecule has 4 nitrogen and oxygen atoms in total. The van der Waals surface area contributed by atoms with Gasteiger partial charge in [-0.3, -0.25) is 4.90 Å². The van der Waals surface area contributed by atoms with Crippen molar-refractivity contribution in [3.63, 3.8) is 0 Å². The Bertz CT molecular complexity index is 837. The lowest BCUT2D eigenvalue weighted by Gasteiger charge is -2.14. The molecule has 130 valence electrons. The number of likely N-dealkylation sites (N-methyl/N-ethyl adjacent to an activating group) is 1. The number of hydrogen-bond donors (Lipinski definition) is 1. The minimum atomic E-state index is 0.155.